The van der Waals surface area contributed by atoms with Gasteiger partial charge in [-0.3, -0.25) is 4.68 Å². The van der Waals surface area contributed by atoms with Crippen LogP contribution in [0.15, 0.2) is 6.33 Å². The molecule has 1 N–H and O–H groups in total. The molecule has 0 fully saturated rings. The molecule has 80 valence electrons. The molecule has 0 unspecified atom stereocenters. The van der Waals surface area contributed by atoms with E-state index in [2.05, 4.69) is 35.5 Å². The Balaban J connectivity index is 2.35. The molecule has 1 heterocycles. The van der Waals surface area contributed by atoms with Gasteiger partial charge in [0, 0.05) is 11.8 Å². The van der Waals surface area contributed by atoms with Gasteiger partial charge in [0.2, 0.25) is 0 Å². The van der Waals surface area contributed by atoms with Crippen molar-refractivity contribution in [3.8, 4) is 0 Å². The van der Waals surface area contributed by atoms with Gasteiger partial charge in [-0.1, -0.05) is 13.8 Å². The van der Waals surface area contributed by atoms with Crippen LogP contribution in [0.5, 0.6) is 0 Å². The van der Waals surface area contributed by atoms with Gasteiger partial charge in [0.05, 0.1) is 13.1 Å². The first kappa shape index (κ1) is 11.5. The van der Waals surface area contributed by atoms with Gasteiger partial charge in [-0.2, -0.15) is 16.9 Å². The summed E-state index contributed by atoms with van der Waals surface area (Å²) in [5, 5.41) is 7.64. The smallest absolute Gasteiger partial charge is 0.164 e. The van der Waals surface area contributed by atoms with Crippen LogP contribution in [-0.4, -0.2) is 32.8 Å². The maximum atomic E-state index is 4.35. The average molecular weight is 214 g/mol. The first-order chi connectivity index (χ1) is 6.72. The van der Waals surface area contributed by atoms with Gasteiger partial charge >= 0.3 is 0 Å². The monoisotopic (exact) mass is 214 g/mol. The Hall–Kier alpha value is -0.550. The van der Waals surface area contributed by atoms with Crippen molar-refractivity contribution in [1.29, 1.82) is 0 Å². The summed E-state index contributed by atoms with van der Waals surface area (Å²) in [5.74, 6) is 1.96. The van der Waals surface area contributed by atoms with Crippen molar-refractivity contribution in [2.75, 3.05) is 12.0 Å². The van der Waals surface area contributed by atoms with E-state index in [9.17, 15) is 0 Å². The summed E-state index contributed by atoms with van der Waals surface area (Å²) < 4.78 is 1.90. The molecular formula is C9H18N4S. The lowest BCUT2D eigenvalue weighted by Gasteiger charge is -2.04. The molecule has 0 aromatic carbocycles. The Morgan fingerprint density at radius 2 is 2.36 bits per heavy atom. The molecule has 0 spiro atoms. The highest BCUT2D eigenvalue weighted by Crippen LogP contribution is 1.95. The second kappa shape index (κ2) is 6.03. The molecule has 0 bridgehead atoms. The number of thioether (sulfide) groups is 1. The van der Waals surface area contributed by atoms with Gasteiger partial charge < -0.3 is 5.32 Å². The Morgan fingerprint density at radius 3 is 3.00 bits per heavy atom. The van der Waals surface area contributed by atoms with Crippen LogP contribution in [0.4, 0.5) is 0 Å². The average Bonchev–Trinajstić information content (AvgIpc) is 2.59. The Morgan fingerprint density at radius 1 is 1.57 bits per heavy atom. The number of hydrogen-bond acceptors (Lipinski definition) is 4. The Kier molecular flexibility index (Phi) is 4.97. The number of rotatable bonds is 6. The summed E-state index contributed by atoms with van der Waals surface area (Å²) in [7, 11) is 0. The van der Waals surface area contributed by atoms with E-state index in [1.807, 2.05) is 16.4 Å². The molecule has 0 aliphatic rings. The van der Waals surface area contributed by atoms with Gasteiger partial charge in [-0.15, -0.1) is 0 Å². The zero-order valence-electron chi connectivity index (χ0n) is 9.03. The molecule has 1 rings (SSSR count). The third-order valence-corrected chi connectivity index (χ3v) is 2.37. The van der Waals surface area contributed by atoms with Crippen LogP contribution < -0.4 is 5.32 Å². The molecule has 4 nitrogen and oxygen atoms in total. The highest BCUT2D eigenvalue weighted by Gasteiger charge is 2.00. The van der Waals surface area contributed by atoms with E-state index >= 15 is 0 Å². The van der Waals surface area contributed by atoms with Crippen LogP contribution in [0.2, 0.25) is 0 Å². The highest BCUT2D eigenvalue weighted by atomic mass is 32.2. The molecule has 0 amide bonds. The van der Waals surface area contributed by atoms with E-state index < -0.39 is 0 Å². The van der Waals surface area contributed by atoms with Gasteiger partial charge in [0.1, 0.15) is 6.33 Å². The number of nitrogens with zero attached hydrogens (tertiary/aromatic N) is 3. The van der Waals surface area contributed by atoms with E-state index in [0.29, 0.717) is 6.04 Å². The van der Waals surface area contributed by atoms with Crippen molar-refractivity contribution in [3.63, 3.8) is 0 Å². The van der Waals surface area contributed by atoms with Crippen LogP contribution in [0.25, 0.3) is 0 Å². The summed E-state index contributed by atoms with van der Waals surface area (Å²) in [5.41, 5.74) is 0. The van der Waals surface area contributed by atoms with Crippen LogP contribution in [-0.2, 0) is 13.1 Å². The maximum absolute atomic E-state index is 4.35. The van der Waals surface area contributed by atoms with E-state index in [-0.39, 0.29) is 0 Å². The fourth-order valence-corrected chi connectivity index (χ4v) is 1.37. The second-order valence-electron chi connectivity index (χ2n) is 3.45. The lowest BCUT2D eigenvalue weighted by Crippen LogP contribution is -2.22. The summed E-state index contributed by atoms with van der Waals surface area (Å²) >= 11 is 1.82. The minimum atomic E-state index is 0.480. The fraction of sp³-hybridized carbons (Fsp3) is 0.778. The van der Waals surface area contributed by atoms with Crippen molar-refractivity contribution < 1.29 is 0 Å². The summed E-state index contributed by atoms with van der Waals surface area (Å²) in [6.07, 6.45) is 3.89. The minimum absolute atomic E-state index is 0.480. The van der Waals surface area contributed by atoms with Crippen LogP contribution >= 0.6 is 11.8 Å². The lowest BCUT2D eigenvalue weighted by atomic mass is 10.4. The molecular weight excluding hydrogens is 196 g/mol. The number of nitrogens with one attached hydrogen (secondary N) is 1. The van der Waals surface area contributed by atoms with E-state index in [4.69, 9.17) is 0 Å². The van der Waals surface area contributed by atoms with Gasteiger partial charge in [-0.05, 0) is 6.26 Å². The predicted octanol–water partition coefficient (Wildman–Crippen LogP) is 1.14. The Labute approximate surface area is 89.5 Å². The molecule has 0 saturated carbocycles. The van der Waals surface area contributed by atoms with E-state index in [1.165, 1.54) is 0 Å². The van der Waals surface area contributed by atoms with Crippen molar-refractivity contribution in [3.05, 3.63) is 12.2 Å². The van der Waals surface area contributed by atoms with Crippen LogP contribution in [0.3, 0.4) is 0 Å². The van der Waals surface area contributed by atoms with Crippen molar-refractivity contribution >= 4 is 11.8 Å². The SMILES string of the molecule is CSCCn1cnc(CNC(C)C)n1. The number of aryl methyl sites for hydroxylation is 1. The zero-order valence-corrected chi connectivity index (χ0v) is 9.84. The minimum Gasteiger partial charge on any atom is -0.308 e. The van der Waals surface area contributed by atoms with Crippen LogP contribution in [0.1, 0.15) is 19.7 Å². The molecule has 0 radical (unpaired) electrons. The van der Waals surface area contributed by atoms with Gasteiger partial charge in [-0.25, -0.2) is 4.98 Å². The third kappa shape index (κ3) is 4.11. The van der Waals surface area contributed by atoms with E-state index in [0.717, 1.165) is 24.7 Å². The first-order valence-corrected chi connectivity index (χ1v) is 6.22. The molecule has 0 aliphatic heterocycles. The quantitative estimate of drug-likeness (QED) is 0.771. The molecule has 1 aromatic rings. The van der Waals surface area contributed by atoms with Crippen LogP contribution in [0, 0.1) is 0 Å². The van der Waals surface area contributed by atoms with Crippen molar-refractivity contribution in [2.24, 2.45) is 0 Å². The summed E-state index contributed by atoms with van der Waals surface area (Å²) in [4.78, 5) is 4.22. The molecule has 0 saturated heterocycles. The van der Waals surface area contributed by atoms with Crippen molar-refractivity contribution in [1.82, 2.24) is 20.1 Å². The second-order valence-corrected chi connectivity index (χ2v) is 4.44. The predicted molar refractivity (Wildman–Crippen MR) is 60.4 cm³/mol. The summed E-state index contributed by atoms with van der Waals surface area (Å²) in [6.45, 7) is 5.93. The van der Waals surface area contributed by atoms with Gasteiger partial charge in [0.25, 0.3) is 0 Å². The third-order valence-electron chi connectivity index (χ3n) is 1.78. The Bertz CT molecular complexity index is 259. The van der Waals surface area contributed by atoms with E-state index in [1.54, 1.807) is 6.33 Å². The maximum Gasteiger partial charge on any atom is 0.164 e. The molecule has 14 heavy (non-hydrogen) atoms. The standard InChI is InChI=1S/C9H18N4S/c1-8(2)10-6-9-11-7-13(12-9)4-5-14-3/h7-8,10H,4-6H2,1-3H3. The first-order valence-electron chi connectivity index (χ1n) is 4.83. The van der Waals surface area contributed by atoms with Crippen molar-refractivity contribution in [2.45, 2.75) is 33.0 Å². The molecule has 0 aliphatic carbocycles. The fourth-order valence-electron chi connectivity index (χ4n) is 1.00. The number of hydrogen-bond donors (Lipinski definition) is 1. The molecule has 5 heteroatoms. The highest BCUT2D eigenvalue weighted by molar-refractivity contribution is 7.98. The lowest BCUT2D eigenvalue weighted by molar-refractivity contribution is 0.563. The zero-order chi connectivity index (χ0) is 10.4. The normalized spacial score (nSPS) is 11.1. The molecule has 1 aromatic heterocycles. The topological polar surface area (TPSA) is 42.7 Å². The summed E-state index contributed by atoms with van der Waals surface area (Å²) in [6, 6.07) is 0.480. The largest absolute Gasteiger partial charge is 0.308 e. The number of aromatic nitrogens is 3. The van der Waals surface area contributed by atoms with Gasteiger partial charge in [0.15, 0.2) is 5.82 Å². The molecule has 0 atom stereocenters.